The summed E-state index contributed by atoms with van der Waals surface area (Å²) in [5.41, 5.74) is 1.58. The third kappa shape index (κ3) is 3.08. The van der Waals surface area contributed by atoms with Crippen LogP contribution in [0.25, 0.3) is 16.5 Å². The van der Waals surface area contributed by atoms with Crippen LogP contribution in [-0.2, 0) is 5.33 Å². The Morgan fingerprint density at radius 3 is 2.65 bits per heavy atom. The minimum absolute atomic E-state index is 0.0448. The molecule has 118 valence electrons. The Hall–Kier alpha value is -1.59. The van der Waals surface area contributed by atoms with Crippen molar-refractivity contribution in [1.82, 2.24) is 4.57 Å². The van der Waals surface area contributed by atoms with Gasteiger partial charge in [-0.2, -0.15) is 0 Å². The van der Waals surface area contributed by atoms with Crippen LogP contribution in [-0.4, -0.2) is 11.2 Å². The first kappa shape index (κ1) is 16.3. The summed E-state index contributed by atoms with van der Waals surface area (Å²) in [6.07, 6.45) is 0. The van der Waals surface area contributed by atoms with Gasteiger partial charge in [0.05, 0.1) is 12.3 Å². The molecule has 0 amide bonds. The summed E-state index contributed by atoms with van der Waals surface area (Å²) in [4.78, 5) is 13.0. The van der Waals surface area contributed by atoms with Crippen LogP contribution in [0.2, 0.25) is 0 Å². The van der Waals surface area contributed by atoms with E-state index in [0.717, 1.165) is 21.2 Å². The molecule has 3 rings (SSSR count). The molecule has 1 aromatic heterocycles. The summed E-state index contributed by atoms with van der Waals surface area (Å²) in [5, 5.41) is 2.21. The fourth-order valence-electron chi connectivity index (χ4n) is 2.62. The summed E-state index contributed by atoms with van der Waals surface area (Å²) in [7, 11) is 0. The number of fused-ring (bicyclic) bond motifs is 1. The van der Waals surface area contributed by atoms with Crippen molar-refractivity contribution in [1.29, 1.82) is 0 Å². The van der Waals surface area contributed by atoms with Gasteiger partial charge in [0.25, 0.3) is 5.56 Å². The maximum Gasteiger partial charge on any atom is 0.263 e. The molecule has 23 heavy (non-hydrogen) atoms. The summed E-state index contributed by atoms with van der Waals surface area (Å²) in [5.74, 6) is 0.690. The Bertz CT molecular complexity index is 919. The lowest BCUT2D eigenvalue weighted by Crippen LogP contribution is -2.22. The van der Waals surface area contributed by atoms with Gasteiger partial charge in [0.1, 0.15) is 5.75 Å². The van der Waals surface area contributed by atoms with Crippen molar-refractivity contribution in [3.63, 3.8) is 0 Å². The summed E-state index contributed by atoms with van der Waals surface area (Å²) >= 11 is 6.98. The van der Waals surface area contributed by atoms with E-state index in [2.05, 4.69) is 31.9 Å². The van der Waals surface area contributed by atoms with Crippen molar-refractivity contribution >= 4 is 42.6 Å². The molecule has 3 aromatic rings. The van der Waals surface area contributed by atoms with Crippen LogP contribution in [0.4, 0.5) is 0 Å². The predicted molar refractivity (Wildman–Crippen MR) is 101 cm³/mol. The molecule has 0 aliphatic heterocycles. The average molecular weight is 437 g/mol. The van der Waals surface area contributed by atoms with E-state index in [0.29, 0.717) is 23.1 Å². The van der Waals surface area contributed by atoms with Gasteiger partial charge in [-0.1, -0.05) is 50.1 Å². The number of benzene rings is 2. The lowest BCUT2D eigenvalue weighted by molar-refractivity contribution is 0.338. The molecule has 0 bridgehead atoms. The molecule has 0 radical (unpaired) electrons. The fourth-order valence-corrected chi connectivity index (χ4v) is 3.38. The van der Waals surface area contributed by atoms with Crippen molar-refractivity contribution < 1.29 is 4.74 Å². The maximum absolute atomic E-state index is 13.0. The Labute approximate surface area is 151 Å². The van der Waals surface area contributed by atoms with Crippen molar-refractivity contribution in [3.8, 4) is 11.4 Å². The van der Waals surface area contributed by atoms with Gasteiger partial charge in [-0.15, -0.1) is 0 Å². The first-order chi connectivity index (χ1) is 11.2. The van der Waals surface area contributed by atoms with Crippen molar-refractivity contribution in [2.45, 2.75) is 12.3 Å². The number of halogens is 2. The highest BCUT2D eigenvalue weighted by Crippen LogP contribution is 2.28. The highest BCUT2D eigenvalue weighted by Gasteiger charge is 2.14. The number of aromatic nitrogens is 1. The van der Waals surface area contributed by atoms with Gasteiger partial charge in [-0.05, 0) is 42.6 Å². The van der Waals surface area contributed by atoms with Crippen LogP contribution in [0.3, 0.4) is 0 Å². The van der Waals surface area contributed by atoms with E-state index in [1.54, 1.807) is 4.57 Å². The molecule has 0 fully saturated rings. The molecule has 1 heterocycles. The maximum atomic E-state index is 13.0. The molecule has 0 unspecified atom stereocenters. The van der Waals surface area contributed by atoms with Crippen molar-refractivity contribution in [2.24, 2.45) is 0 Å². The highest BCUT2D eigenvalue weighted by molar-refractivity contribution is 9.10. The smallest absolute Gasteiger partial charge is 0.263 e. The minimum atomic E-state index is -0.0448. The lowest BCUT2D eigenvalue weighted by Gasteiger charge is -2.17. The number of hydrogen-bond acceptors (Lipinski definition) is 2. The molecule has 0 spiro atoms. The standard InChI is InChI=1S/C18H15Br2NO2/c1-2-23-17-8-7-13(20)10-16(17)21-14(11-19)9-12-5-3-4-6-15(12)18(21)22/h3-10H,2,11H2,1H3. The van der Waals surface area contributed by atoms with E-state index in [1.807, 2.05) is 55.5 Å². The first-order valence-electron chi connectivity index (χ1n) is 7.28. The molecule has 5 heteroatoms. The molecule has 2 aromatic carbocycles. The zero-order chi connectivity index (χ0) is 16.4. The second-order valence-corrected chi connectivity index (χ2v) is 6.52. The third-order valence-corrected chi connectivity index (χ3v) is 4.67. The predicted octanol–water partition coefficient (Wildman–Crippen LogP) is 5.05. The second kappa shape index (κ2) is 6.89. The summed E-state index contributed by atoms with van der Waals surface area (Å²) < 4.78 is 8.33. The molecule has 0 atom stereocenters. The molecular formula is C18H15Br2NO2. The largest absolute Gasteiger partial charge is 0.492 e. The van der Waals surface area contributed by atoms with E-state index < -0.39 is 0 Å². The van der Waals surface area contributed by atoms with Crippen molar-refractivity contribution in [2.75, 3.05) is 6.61 Å². The van der Waals surface area contributed by atoms with E-state index in [-0.39, 0.29) is 5.56 Å². The van der Waals surface area contributed by atoms with Crippen LogP contribution in [0.1, 0.15) is 12.6 Å². The van der Waals surface area contributed by atoms with Gasteiger partial charge < -0.3 is 4.74 Å². The molecule has 0 aliphatic rings. The van der Waals surface area contributed by atoms with E-state index in [4.69, 9.17) is 4.74 Å². The van der Waals surface area contributed by atoms with E-state index >= 15 is 0 Å². The Morgan fingerprint density at radius 2 is 1.91 bits per heavy atom. The Morgan fingerprint density at radius 1 is 1.13 bits per heavy atom. The van der Waals surface area contributed by atoms with Crippen LogP contribution in [0, 0.1) is 0 Å². The SMILES string of the molecule is CCOc1ccc(Br)cc1-n1c(CBr)cc2ccccc2c1=O. The molecule has 0 aliphatic carbocycles. The molecular weight excluding hydrogens is 422 g/mol. The monoisotopic (exact) mass is 435 g/mol. The molecule has 0 saturated heterocycles. The fraction of sp³-hybridized carbons (Fsp3) is 0.167. The first-order valence-corrected chi connectivity index (χ1v) is 9.19. The third-order valence-electron chi connectivity index (χ3n) is 3.60. The number of nitrogens with zero attached hydrogens (tertiary/aromatic N) is 1. The van der Waals surface area contributed by atoms with Gasteiger partial charge in [0, 0.05) is 20.9 Å². The number of hydrogen-bond donors (Lipinski definition) is 0. The quantitative estimate of drug-likeness (QED) is 0.536. The van der Waals surface area contributed by atoms with Gasteiger partial charge in [-0.25, -0.2) is 0 Å². The van der Waals surface area contributed by atoms with E-state index in [9.17, 15) is 4.79 Å². The number of rotatable bonds is 4. The molecule has 0 N–H and O–H groups in total. The van der Waals surface area contributed by atoms with Gasteiger partial charge in [0.2, 0.25) is 0 Å². The molecule has 3 nitrogen and oxygen atoms in total. The van der Waals surface area contributed by atoms with E-state index in [1.165, 1.54) is 0 Å². The average Bonchev–Trinajstić information content (AvgIpc) is 2.57. The number of ether oxygens (including phenoxy) is 1. The lowest BCUT2D eigenvalue weighted by atomic mass is 10.1. The topological polar surface area (TPSA) is 31.2 Å². The van der Waals surface area contributed by atoms with Gasteiger partial charge >= 0.3 is 0 Å². The number of pyridine rings is 1. The molecule has 0 saturated carbocycles. The van der Waals surface area contributed by atoms with Gasteiger partial charge in [-0.3, -0.25) is 9.36 Å². The minimum Gasteiger partial charge on any atom is -0.492 e. The van der Waals surface area contributed by atoms with Crippen LogP contribution in [0.5, 0.6) is 5.75 Å². The van der Waals surface area contributed by atoms with Crippen LogP contribution in [0.15, 0.2) is 57.8 Å². The zero-order valence-corrected chi connectivity index (χ0v) is 15.7. The summed E-state index contributed by atoms with van der Waals surface area (Å²) in [6.45, 7) is 2.47. The second-order valence-electron chi connectivity index (χ2n) is 5.04. The highest BCUT2D eigenvalue weighted by atomic mass is 79.9. The Balaban J connectivity index is 2.38. The Kier molecular flexibility index (Phi) is 4.87. The van der Waals surface area contributed by atoms with Crippen LogP contribution < -0.4 is 10.3 Å². The van der Waals surface area contributed by atoms with Gasteiger partial charge in [0.15, 0.2) is 0 Å². The van der Waals surface area contributed by atoms with Crippen LogP contribution >= 0.6 is 31.9 Å². The van der Waals surface area contributed by atoms with Crippen molar-refractivity contribution in [3.05, 3.63) is 69.1 Å². The number of alkyl halides is 1. The zero-order valence-electron chi connectivity index (χ0n) is 12.6. The normalized spacial score (nSPS) is 10.9. The summed E-state index contributed by atoms with van der Waals surface area (Å²) in [6, 6.07) is 15.4.